The Morgan fingerprint density at radius 1 is 1.39 bits per heavy atom. The van der Waals surface area contributed by atoms with Crippen LogP contribution in [-0.2, 0) is 11.3 Å². The first-order valence-electron chi connectivity index (χ1n) is 5.52. The van der Waals surface area contributed by atoms with Crippen LogP contribution >= 0.6 is 11.3 Å². The summed E-state index contributed by atoms with van der Waals surface area (Å²) in [6.45, 7) is 1.08. The molecule has 6 heteroatoms. The number of carbonyl (C=O) groups excluding carboxylic acids is 1. The first-order valence-corrected chi connectivity index (χ1v) is 6.40. The lowest BCUT2D eigenvalue weighted by molar-refractivity contribution is -0.117. The molecule has 0 unspecified atom stereocenters. The van der Waals surface area contributed by atoms with Crippen molar-refractivity contribution in [2.24, 2.45) is 0 Å². The summed E-state index contributed by atoms with van der Waals surface area (Å²) in [6, 6.07) is 5.77. The summed E-state index contributed by atoms with van der Waals surface area (Å²) in [4.78, 5) is 22.8. The van der Waals surface area contributed by atoms with Crippen LogP contribution in [0.15, 0.2) is 36.0 Å². The zero-order valence-electron chi connectivity index (χ0n) is 10.0. The van der Waals surface area contributed by atoms with Crippen molar-refractivity contribution in [2.45, 2.75) is 6.54 Å². The Balaban J connectivity index is 1.80. The fourth-order valence-corrected chi connectivity index (χ4v) is 2.28. The highest BCUT2D eigenvalue weighted by Gasteiger charge is 2.08. The van der Waals surface area contributed by atoms with Crippen LogP contribution in [0, 0.1) is 0 Å². The monoisotopic (exact) mass is 262 g/mol. The highest BCUT2D eigenvalue weighted by atomic mass is 32.1. The SMILES string of the molecule is CN(CC(=O)Nc1ncccn1)Cc1cccs1. The standard InChI is InChI=1S/C12H14N4OS/c1-16(8-10-4-2-7-18-10)9-11(17)15-12-13-5-3-6-14-12/h2-7H,8-9H2,1H3,(H,13,14,15,17). The minimum absolute atomic E-state index is 0.111. The fourth-order valence-electron chi connectivity index (χ4n) is 1.50. The molecule has 5 nitrogen and oxygen atoms in total. The van der Waals surface area contributed by atoms with E-state index >= 15 is 0 Å². The number of rotatable bonds is 5. The molecule has 0 saturated heterocycles. The highest BCUT2D eigenvalue weighted by Crippen LogP contribution is 2.10. The third kappa shape index (κ3) is 3.90. The molecule has 0 radical (unpaired) electrons. The van der Waals surface area contributed by atoms with Crippen LogP contribution in [0.4, 0.5) is 5.95 Å². The fraction of sp³-hybridized carbons (Fsp3) is 0.250. The van der Waals surface area contributed by atoms with Gasteiger partial charge in [0.15, 0.2) is 0 Å². The summed E-state index contributed by atoms with van der Waals surface area (Å²) in [7, 11) is 1.91. The van der Waals surface area contributed by atoms with Gasteiger partial charge in [-0.25, -0.2) is 9.97 Å². The molecule has 0 bridgehead atoms. The van der Waals surface area contributed by atoms with Crippen molar-refractivity contribution in [3.8, 4) is 0 Å². The minimum Gasteiger partial charge on any atom is -0.293 e. The molecule has 0 aliphatic carbocycles. The van der Waals surface area contributed by atoms with Gasteiger partial charge in [-0.1, -0.05) is 6.07 Å². The molecule has 0 spiro atoms. The molecule has 2 rings (SSSR count). The first kappa shape index (κ1) is 12.7. The minimum atomic E-state index is -0.111. The summed E-state index contributed by atoms with van der Waals surface area (Å²) in [6.07, 6.45) is 3.19. The van der Waals surface area contributed by atoms with Crippen molar-refractivity contribution in [1.29, 1.82) is 0 Å². The van der Waals surface area contributed by atoms with Crippen LogP contribution < -0.4 is 5.32 Å². The number of hydrogen-bond acceptors (Lipinski definition) is 5. The molecule has 2 aromatic rings. The van der Waals surface area contributed by atoms with Crippen LogP contribution in [-0.4, -0.2) is 34.4 Å². The quantitative estimate of drug-likeness (QED) is 0.889. The van der Waals surface area contributed by atoms with Gasteiger partial charge in [-0.3, -0.25) is 15.0 Å². The average molecular weight is 262 g/mol. The van der Waals surface area contributed by atoms with E-state index in [9.17, 15) is 4.79 Å². The van der Waals surface area contributed by atoms with E-state index < -0.39 is 0 Å². The Morgan fingerprint density at radius 3 is 2.83 bits per heavy atom. The molecule has 2 heterocycles. The maximum Gasteiger partial charge on any atom is 0.240 e. The Kier molecular flexibility index (Phi) is 4.38. The lowest BCUT2D eigenvalue weighted by Crippen LogP contribution is -2.30. The summed E-state index contributed by atoms with van der Waals surface area (Å²) >= 11 is 1.68. The first-order chi connectivity index (χ1) is 8.74. The van der Waals surface area contributed by atoms with Gasteiger partial charge in [0.05, 0.1) is 6.54 Å². The van der Waals surface area contributed by atoms with E-state index in [1.165, 1.54) is 4.88 Å². The molecule has 0 aliphatic heterocycles. The maximum absolute atomic E-state index is 11.7. The van der Waals surface area contributed by atoms with Crippen LogP contribution in [0.5, 0.6) is 0 Å². The number of thiophene rings is 1. The van der Waals surface area contributed by atoms with Crippen molar-refractivity contribution >= 4 is 23.2 Å². The summed E-state index contributed by atoms with van der Waals surface area (Å²) in [5, 5.41) is 4.68. The Bertz CT molecular complexity index is 486. The van der Waals surface area contributed by atoms with Crippen LogP contribution in [0.25, 0.3) is 0 Å². The molecule has 0 atom stereocenters. The number of hydrogen-bond donors (Lipinski definition) is 1. The normalized spacial score (nSPS) is 10.6. The zero-order valence-corrected chi connectivity index (χ0v) is 10.9. The maximum atomic E-state index is 11.7. The van der Waals surface area contributed by atoms with E-state index in [2.05, 4.69) is 21.4 Å². The molecule has 2 aromatic heterocycles. The number of likely N-dealkylation sites (N-methyl/N-ethyl adjacent to an activating group) is 1. The van der Waals surface area contributed by atoms with Gasteiger partial charge < -0.3 is 0 Å². The predicted octanol–water partition coefficient (Wildman–Crippen LogP) is 1.61. The topological polar surface area (TPSA) is 58.1 Å². The van der Waals surface area contributed by atoms with E-state index in [1.54, 1.807) is 29.8 Å². The third-order valence-corrected chi connectivity index (χ3v) is 3.10. The van der Waals surface area contributed by atoms with Gasteiger partial charge in [0.1, 0.15) is 0 Å². The Morgan fingerprint density at radius 2 is 2.17 bits per heavy atom. The number of aromatic nitrogens is 2. The second-order valence-corrected chi connectivity index (χ2v) is 4.90. The second kappa shape index (κ2) is 6.23. The lowest BCUT2D eigenvalue weighted by atomic mass is 10.4. The van der Waals surface area contributed by atoms with Gasteiger partial charge in [-0.05, 0) is 24.6 Å². The van der Waals surface area contributed by atoms with Crippen LogP contribution in [0.3, 0.4) is 0 Å². The van der Waals surface area contributed by atoms with Crippen molar-refractivity contribution in [3.05, 3.63) is 40.8 Å². The van der Waals surface area contributed by atoms with E-state index in [-0.39, 0.29) is 5.91 Å². The number of amides is 1. The van der Waals surface area contributed by atoms with Crippen molar-refractivity contribution in [1.82, 2.24) is 14.9 Å². The van der Waals surface area contributed by atoms with E-state index in [4.69, 9.17) is 0 Å². The lowest BCUT2D eigenvalue weighted by Gasteiger charge is -2.14. The Hall–Kier alpha value is -1.79. The second-order valence-electron chi connectivity index (χ2n) is 3.87. The van der Waals surface area contributed by atoms with Gasteiger partial charge in [-0.2, -0.15) is 0 Å². The average Bonchev–Trinajstić information content (AvgIpc) is 2.82. The molecule has 0 fully saturated rings. The third-order valence-electron chi connectivity index (χ3n) is 2.24. The number of nitrogens with zero attached hydrogens (tertiary/aromatic N) is 3. The zero-order chi connectivity index (χ0) is 12.8. The highest BCUT2D eigenvalue weighted by molar-refractivity contribution is 7.09. The molecule has 18 heavy (non-hydrogen) atoms. The van der Waals surface area contributed by atoms with Crippen LogP contribution in [0.1, 0.15) is 4.88 Å². The largest absolute Gasteiger partial charge is 0.293 e. The van der Waals surface area contributed by atoms with E-state index in [1.807, 2.05) is 23.4 Å². The molecule has 0 aromatic carbocycles. The molecular formula is C12H14N4OS. The number of carbonyl (C=O) groups is 1. The summed E-state index contributed by atoms with van der Waals surface area (Å²) in [5.74, 6) is 0.229. The number of anilines is 1. The van der Waals surface area contributed by atoms with Gasteiger partial charge in [0.2, 0.25) is 11.9 Å². The van der Waals surface area contributed by atoms with Crippen molar-refractivity contribution in [3.63, 3.8) is 0 Å². The van der Waals surface area contributed by atoms with Crippen LogP contribution in [0.2, 0.25) is 0 Å². The molecular weight excluding hydrogens is 248 g/mol. The predicted molar refractivity (Wildman–Crippen MR) is 71.3 cm³/mol. The molecule has 1 N–H and O–H groups in total. The molecule has 94 valence electrons. The van der Waals surface area contributed by atoms with Gasteiger partial charge >= 0.3 is 0 Å². The molecule has 0 aliphatic rings. The smallest absolute Gasteiger partial charge is 0.240 e. The molecule has 1 amide bonds. The van der Waals surface area contributed by atoms with Gasteiger partial charge in [-0.15, -0.1) is 11.3 Å². The van der Waals surface area contributed by atoms with Gasteiger partial charge in [0.25, 0.3) is 0 Å². The number of nitrogens with one attached hydrogen (secondary N) is 1. The molecule has 0 saturated carbocycles. The van der Waals surface area contributed by atoms with Gasteiger partial charge in [0, 0.05) is 23.8 Å². The summed E-state index contributed by atoms with van der Waals surface area (Å²) in [5.41, 5.74) is 0. The van der Waals surface area contributed by atoms with Crippen molar-refractivity contribution in [2.75, 3.05) is 18.9 Å². The Labute approximate surface area is 109 Å². The summed E-state index contributed by atoms with van der Waals surface area (Å²) < 4.78 is 0. The van der Waals surface area contributed by atoms with E-state index in [0.29, 0.717) is 12.5 Å². The van der Waals surface area contributed by atoms with E-state index in [0.717, 1.165) is 6.54 Å². The van der Waals surface area contributed by atoms with Crippen molar-refractivity contribution < 1.29 is 4.79 Å².